The molecule has 0 bridgehead atoms. The maximum Gasteiger partial charge on any atom is 0.262 e. The first-order valence-electron chi connectivity index (χ1n) is 8.79. The summed E-state index contributed by atoms with van der Waals surface area (Å²) in [6, 6.07) is 11.4. The van der Waals surface area contributed by atoms with Crippen LogP contribution in [0.15, 0.2) is 53.4 Å². The van der Waals surface area contributed by atoms with Crippen LogP contribution in [0.2, 0.25) is 0 Å². The Hall–Kier alpha value is -2.16. The third-order valence-corrected chi connectivity index (χ3v) is 5.99. The molecule has 0 heterocycles. The fourth-order valence-electron chi connectivity index (χ4n) is 3.08. The van der Waals surface area contributed by atoms with Crippen LogP contribution in [0, 0.1) is 5.82 Å². The molecule has 1 fully saturated rings. The predicted molar refractivity (Wildman–Crippen MR) is 109 cm³/mol. The minimum atomic E-state index is -4.02. The minimum Gasteiger partial charge on any atom is -0.349 e. The van der Waals surface area contributed by atoms with E-state index in [9.17, 15) is 17.6 Å². The average molecular weight is 428 g/mol. The fraction of sp³-hybridized carbons (Fsp3) is 0.316. The van der Waals surface area contributed by atoms with Gasteiger partial charge in [0, 0.05) is 17.6 Å². The predicted octanol–water partition coefficient (Wildman–Crippen LogP) is 3.05. The second kappa shape index (κ2) is 9.36. The van der Waals surface area contributed by atoms with Gasteiger partial charge in [0.05, 0.1) is 10.6 Å². The molecule has 0 unspecified atom stereocenters. The number of hydrogen-bond acceptors (Lipinski definition) is 4. The molecule has 2 aromatic carbocycles. The zero-order chi connectivity index (χ0) is 19.4. The second-order valence-electron chi connectivity index (χ2n) is 6.70. The molecule has 2 aromatic rings. The van der Waals surface area contributed by atoms with E-state index in [0.29, 0.717) is 0 Å². The highest BCUT2D eigenvalue weighted by atomic mass is 35.5. The third-order valence-electron chi connectivity index (χ3n) is 4.63. The number of para-hydroxylation sites is 1. The lowest BCUT2D eigenvalue weighted by Gasteiger charge is -2.26. The summed E-state index contributed by atoms with van der Waals surface area (Å²) in [5, 5.41) is 2.92. The number of carbonyl (C=O) groups excluding carboxylic acids is 1. The number of carbonyl (C=O) groups is 1. The van der Waals surface area contributed by atoms with E-state index in [0.717, 1.165) is 31.7 Å². The van der Waals surface area contributed by atoms with Gasteiger partial charge in [-0.05, 0) is 56.0 Å². The Bertz CT molecular complexity index is 932. The van der Waals surface area contributed by atoms with Crippen LogP contribution in [0.5, 0.6) is 0 Å². The van der Waals surface area contributed by atoms with Crippen LogP contribution < -0.4 is 15.8 Å². The van der Waals surface area contributed by atoms with Crippen molar-refractivity contribution in [3.05, 3.63) is 59.9 Å². The lowest BCUT2D eigenvalue weighted by atomic mass is 9.91. The van der Waals surface area contributed by atoms with Gasteiger partial charge >= 0.3 is 0 Å². The summed E-state index contributed by atoms with van der Waals surface area (Å²) in [6.45, 7) is 0. The maximum atomic E-state index is 13.7. The van der Waals surface area contributed by atoms with Crippen molar-refractivity contribution in [2.45, 2.75) is 42.7 Å². The summed E-state index contributed by atoms with van der Waals surface area (Å²) < 4.78 is 41.0. The molecule has 3 rings (SSSR count). The van der Waals surface area contributed by atoms with Crippen molar-refractivity contribution in [2.24, 2.45) is 5.73 Å². The van der Waals surface area contributed by atoms with Gasteiger partial charge in [0.25, 0.3) is 15.9 Å². The van der Waals surface area contributed by atoms with Crippen molar-refractivity contribution in [3.8, 4) is 0 Å². The topological polar surface area (TPSA) is 101 Å². The molecule has 152 valence electrons. The van der Waals surface area contributed by atoms with Gasteiger partial charge in [0.1, 0.15) is 5.82 Å². The number of rotatable bonds is 5. The van der Waals surface area contributed by atoms with Crippen molar-refractivity contribution < 1.29 is 17.6 Å². The van der Waals surface area contributed by atoms with Gasteiger partial charge in [0.2, 0.25) is 0 Å². The van der Waals surface area contributed by atoms with Gasteiger partial charge < -0.3 is 11.1 Å². The summed E-state index contributed by atoms with van der Waals surface area (Å²) in [5.74, 6) is -1.01. The van der Waals surface area contributed by atoms with E-state index < -0.39 is 15.8 Å². The number of nitrogens with one attached hydrogen (secondary N) is 2. The zero-order valence-corrected chi connectivity index (χ0v) is 16.7. The summed E-state index contributed by atoms with van der Waals surface area (Å²) in [7, 11) is -4.02. The first-order chi connectivity index (χ1) is 12.8. The smallest absolute Gasteiger partial charge is 0.262 e. The molecular formula is C19H23ClFN3O3S. The normalized spacial score (nSPS) is 19.4. The highest BCUT2D eigenvalue weighted by molar-refractivity contribution is 7.92. The van der Waals surface area contributed by atoms with Crippen molar-refractivity contribution in [1.82, 2.24) is 5.32 Å². The van der Waals surface area contributed by atoms with E-state index in [1.807, 2.05) is 0 Å². The lowest BCUT2D eigenvalue weighted by Crippen LogP contribution is -2.40. The summed E-state index contributed by atoms with van der Waals surface area (Å²) in [5.41, 5.74) is 5.96. The Morgan fingerprint density at radius 2 is 1.71 bits per heavy atom. The molecule has 1 saturated carbocycles. The largest absolute Gasteiger partial charge is 0.349 e. The van der Waals surface area contributed by atoms with Gasteiger partial charge in [-0.25, -0.2) is 12.8 Å². The Morgan fingerprint density at radius 3 is 2.39 bits per heavy atom. The van der Waals surface area contributed by atoms with Crippen LogP contribution in [0.3, 0.4) is 0 Å². The van der Waals surface area contributed by atoms with Crippen LogP contribution in [-0.2, 0) is 10.0 Å². The number of amides is 1. The van der Waals surface area contributed by atoms with Gasteiger partial charge in [-0.1, -0.05) is 18.2 Å². The molecule has 0 saturated heterocycles. The van der Waals surface area contributed by atoms with Crippen LogP contribution in [0.4, 0.5) is 10.1 Å². The van der Waals surface area contributed by atoms with E-state index in [4.69, 9.17) is 5.73 Å². The monoisotopic (exact) mass is 427 g/mol. The summed E-state index contributed by atoms with van der Waals surface area (Å²) in [6.07, 6.45) is 3.32. The van der Waals surface area contributed by atoms with Gasteiger partial charge in [-0.15, -0.1) is 12.4 Å². The van der Waals surface area contributed by atoms with E-state index in [1.165, 1.54) is 36.4 Å². The number of nitrogens with two attached hydrogens (primary N) is 1. The molecular weight excluding hydrogens is 405 g/mol. The second-order valence-corrected chi connectivity index (χ2v) is 8.38. The van der Waals surface area contributed by atoms with E-state index >= 15 is 0 Å². The Morgan fingerprint density at radius 1 is 1.04 bits per heavy atom. The van der Waals surface area contributed by atoms with E-state index in [-0.39, 0.29) is 46.5 Å². The van der Waals surface area contributed by atoms with Crippen LogP contribution in [0.25, 0.3) is 0 Å². The lowest BCUT2D eigenvalue weighted by molar-refractivity contribution is 0.0925. The Kier molecular flexibility index (Phi) is 7.40. The SMILES string of the molecule is Cl.NC1CCC(NC(=O)c2cccc(S(=O)(=O)Nc3ccccc3F)c2)CC1. The molecule has 4 N–H and O–H groups in total. The number of hydrogen-bond donors (Lipinski definition) is 3. The molecule has 1 aliphatic rings. The summed E-state index contributed by atoms with van der Waals surface area (Å²) >= 11 is 0. The van der Waals surface area contributed by atoms with Crippen LogP contribution in [0.1, 0.15) is 36.0 Å². The van der Waals surface area contributed by atoms with Crippen molar-refractivity contribution in [2.75, 3.05) is 4.72 Å². The maximum absolute atomic E-state index is 13.7. The molecule has 28 heavy (non-hydrogen) atoms. The molecule has 0 atom stereocenters. The van der Waals surface area contributed by atoms with Gasteiger partial charge in [-0.2, -0.15) is 0 Å². The molecule has 0 spiro atoms. The first-order valence-corrected chi connectivity index (χ1v) is 10.3. The molecule has 6 nitrogen and oxygen atoms in total. The van der Waals surface area contributed by atoms with E-state index in [2.05, 4.69) is 10.0 Å². The van der Waals surface area contributed by atoms with Crippen molar-refractivity contribution in [3.63, 3.8) is 0 Å². The number of halogens is 2. The van der Waals surface area contributed by atoms with Crippen molar-refractivity contribution >= 4 is 34.0 Å². The molecule has 0 aliphatic heterocycles. The molecule has 0 aromatic heterocycles. The minimum absolute atomic E-state index is 0. The molecule has 1 aliphatic carbocycles. The van der Waals surface area contributed by atoms with Gasteiger partial charge in [0.15, 0.2) is 0 Å². The standard InChI is InChI=1S/C19H22FN3O3S.ClH/c20-17-6-1-2-7-18(17)23-27(25,26)16-5-3-4-13(12-16)19(24)22-15-10-8-14(21)9-11-15;/h1-7,12,14-15,23H,8-11,21H2,(H,22,24);1H. The first kappa shape index (κ1) is 22.1. The van der Waals surface area contributed by atoms with Crippen LogP contribution in [-0.4, -0.2) is 26.4 Å². The highest BCUT2D eigenvalue weighted by Gasteiger charge is 2.22. The Labute approximate surface area is 170 Å². The molecule has 1 amide bonds. The quantitative estimate of drug-likeness (QED) is 0.682. The highest BCUT2D eigenvalue weighted by Crippen LogP contribution is 2.21. The van der Waals surface area contributed by atoms with Crippen LogP contribution >= 0.6 is 12.4 Å². The number of sulfonamides is 1. The zero-order valence-electron chi connectivity index (χ0n) is 15.1. The van der Waals surface area contributed by atoms with E-state index in [1.54, 1.807) is 6.07 Å². The fourth-order valence-corrected chi connectivity index (χ4v) is 4.20. The molecule has 9 heteroatoms. The number of benzene rings is 2. The molecule has 0 radical (unpaired) electrons. The van der Waals surface area contributed by atoms with Gasteiger partial charge in [-0.3, -0.25) is 9.52 Å². The average Bonchev–Trinajstić information content (AvgIpc) is 2.65. The van der Waals surface area contributed by atoms with Crippen molar-refractivity contribution in [1.29, 1.82) is 0 Å². The number of anilines is 1. The summed E-state index contributed by atoms with van der Waals surface area (Å²) in [4.78, 5) is 12.4. The Balaban J connectivity index is 0.00000280. The third kappa shape index (κ3) is 5.43.